The average Bonchev–Trinajstić information content (AvgIpc) is 2.42. The van der Waals surface area contributed by atoms with Gasteiger partial charge >= 0.3 is 0 Å². The molecule has 21 heavy (non-hydrogen) atoms. The van der Waals surface area contributed by atoms with Gasteiger partial charge in [0.15, 0.2) is 0 Å². The number of benzene rings is 1. The summed E-state index contributed by atoms with van der Waals surface area (Å²) in [4.78, 5) is 4.11. The van der Waals surface area contributed by atoms with Gasteiger partial charge in [-0.1, -0.05) is 11.6 Å². The van der Waals surface area contributed by atoms with Crippen LogP contribution in [-0.2, 0) is 10.0 Å². The van der Waals surface area contributed by atoms with Crippen LogP contribution >= 0.6 is 11.6 Å². The Morgan fingerprint density at radius 1 is 1.33 bits per heavy atom. The lowest BCUT2D eigenvalue weighted by Crippen LogP contribution is -2.13. The molecule has 110 valence electrons. The SMILES string of the molecule is C#CCCCOc1ccc(S(N)(=O)=O)c2ccc(Cl)nc12. The summed E-state index contributed by atoms with van der Waals surface area (Å²) in [6.07, 6.45) is 6.46. The predicted octanol–water partition coefficient (Wildman–Crippen LogP) is 2.33. The van der Waals surface area contributed by atoms with Crippen LogP contribution in [0.2, 0.25) is 5.15 Å². The first-order chi connectivity index (χ1) is 9.93. The minimum atomic E-state index is -3.85. The molecular formula is C14H13ClN2O3S. The summed E-state index contributed by atoms with van der Waals surface area (Å²) in [5.41, 5.74) is 0.356. The zero-order valence-corrected chi connectivity index (χ0v) is 12.6. The van der Waals surface area contributed by atoms with E-state index in [1.165, 1.54) is 18.2 Å². The van der Waals surface area contributed by atoms with Crippen molar-refractivity contribution in [1.29, 1.82) is 0 Å². The number of nitrogens with two attached hydrogens (primary N) is 1. The van der Waals surface area contributed by atoms with Crippen LogP contribution in [0.15, 0.2) is 29.2 Å². The minimum absolute atomic E-state index is 0.0161. The molecule has 2 rings (SSSR count). The van der Waals surface area contributed by atoms with Crippen molar-refractivity contribution >= 4 is 32.5 Å². The first kappa shape index (κ1) is 15.6. The summed E-state index contributed by atoms with van der Waals surface area (Å²) >= 11 is 5.87. The Balaban J connectivity index is 2.49. The van der Waals surface area contributed by atoms with Gasteiger partial charge in [-0.2, -0.15) is 0 Å². The Kier molecular flexibility index (Phi) is 4.68. The maximum atomic E-state index is 11.6. The van der Waals surface area contributed by atoms with Gasteiger partial charge in [0.05, 0.1) is 11.5 Å². The maximum absolute atomic E-state index is 11.6. The molecule has 0 aliphatic carbocycles. The molecule has 2 aromatic rings. The van der Waals surface area contributed by atoms with Crippen molar-refractivity contribution in [3.05, 3.63) is 29.4 Å². The first-order valence-electron chi connectivity index (χ1n) is 6.12. The number of unbranched alkanes of at least 4 members (excludes halogenated alkanes) is 1. The highest BCUT2D eigenvalue weighted by Gasteiger charge is 2.16. The van der Waals surface area contributed by atoms with Gasteiger partial charge < -0.3 is 4.74 Å². The fourth-order valence-corrected chi connectivity index (χ4v) is 2.74. The van der Waals surface area contributed by atoms with Crippen LogP contribution in [0.1, 0.15) is 12.8 Å². The summed E-state index contributed by atoms with van der Waals surface area (Å²) < 4.78 is 28.8. The van der Waals surface area contributed by atoms with Gasteiger partial charge in [0.2, 0.25) is 10.0 Å². The van der Waals surface area contributed by atoms with Crippen molar-refractivity contribution in [2.45, 2.75) is 17.7 Å². The van der Waals surface area contributed by atoms with Crippen LogP contribution in [0.4, 0.5) is 0 Å². The summed E-state index contributed by atoms with van der Waals surface area (Å²) in [7, 11) is -3.85. The number of aromatic nitrogens is 1. The van der Waals surface area contributed by atoms with Gasteiger partial charge in [-0.3, -0.25) is 0 Å². The molecule has 0 aliphatic heterocycles. The Labute approximate surface area is 128 Å². The third kappa shape index (κ3) is 3.64. The van der Waals surface area contributed by atoms with E-state index in [-0.39, 0.29) is 10.0 Å². The highest BCUT2D eigenvalue weighted by atomic mass is 35.5. The molecular weight excluding hydrogens is 312 g/mol. The highest BCUT2D eigenvalue weighted by molar-refractivity contribution is 7.89. The molecule has 0 spiro atoms. The third-order valence-electron chi connectivity index (χ3n) is 2.78. The number of pyridine rings is 1. The zero-order valence-electron chi connectivity index (χ0n) is 11.0. The number of rotatable bonds is 5. The van der Waals surface area contributed by atoms with Crippen molar-refractivity contribution in [3.8, 4) is 18.1 Å². The number of fused-ring (bicyclic) bond motifs is 1. The van der Waals surface area contributed by atoms with E-state index in [1.54, 1.807) is 6.07 Å². The molecule has 0 fully saturated rings. The van der Waals surface area contributed by atoms with Crippen molar-refractivity contribution in [1.82, 2.24) is 4.98 Å². The quantitative estimate of drug-likeness (QED) is 0.520. The summed E-state index contributed by atoms with van der Waals surface area (Å²) in [5.74, 6) is 2.96. The molecule has 0 atom stereocenters. The molecule has 5 nitrogen and oxygen atoms in total. The number of hydrogen-bond donors (Lipinski definition) is 1. The number of primary sulfonamides is 1. The Morgan fingerprint density at radius 2 is 2.10 bits per heavy atom. The number of sulfonamides is 1. The van der Waals surface area contributed by atoms with Gasteiger partial charge in [0.25, 0.3) is 0 Å². The van der Waals surface area contributed by atoms with Crippen LogP contribution < -0.4 is 9.88 Å². The molecule has 0 saturated heterocycles. The highest BCUT2D eigenvalue weighted by Crippen LogP contribution is 2.30. The Morgan fingerprint density at radius 3 is 2.76 bits per heavy atom. The lowest BCUT2D eigenvalue weighted by atomic mass is 10.2. The fraction of sp³-hybridized carbons (Fsp3) is 0.214. The van der Waals surface area contributed by atoms with Crippen LogP contribution in [0, 0.1) is 12.3 Å². The average molecular weight is 325 g/mol. The maximum Gasteiger partial charge on any atom is 0.238 e. The second kappa shape index (κ2) is 6.31. The van der Waals surface area contributed by atoms with Crippen molar-refractivity contribution in [3.63, 3.8) is 0 Å². The van der Waals surface area contributed by atoms with Crippen LogP contribution in [-0.4, -0.2) is 20.0 Å². The lowest BCUT2D eigenvalue weighted by Gasteiger charge is -2.11. The fourth-order valence-electron chi connectivity index (χ4n) is 1.86. The van der Waals surface area contributed by atoms with E-state index in [0.717, 1.165) is 0 Å². The summed E-state index contributed by atoms with van der Waals surface area (Å²) in [6.45, 7) is 0.405. The van der Waals surface area contributed by atoms with Gasteiger partial charge in [0, 0.05) is 11.8 Å². The number of halogens is 1. The molecule has 1 aromatic heterocycles. The van der Waals surface area contributed by atoms with Crippen molar-refractivity contribution < 1.29 is 13.2 Å². The van der Waals surface area contributed by atoms with E-state index in [9.17, 15) is 8.42 Å². The molecule has 7 heteroatoms. The molecule has 0 saturated carbocycles. The first-order valence-corrected chi connectivity index (χ1v) is 8.04. The molecule has 1 aromatic carbocycles. The second-order valence-corrected chi connectivity index (χ2v) is 6.21. The van der Waals surface area contributed by atoms with Gasteiger partial charge in [-0.25, -0.2) is 18.5 Å². The molecule has 0 radical (unpaired) electrons. The van der Waals surface area contributed by atoms with Gasteiger partial charge in [-0.15, -0.1) is 12.3 Å². The van der Waals surface area contributed by atoms with Crippen molar-refractivity contribution in [2.75, 3.05) is 6.61 Å². The topological polar surface area (TPSA) is 82.3 Å². The normalized spacial score (nSPS) is 11.3. The second-order valence-electron chi connectivity index (χ2n) is 4.29. The molecule has 0 bridgehead atoms. The van der Waals surface area contributed by atoms with E-state index in [2.05, 4.69) is 10.9 Å². The van der Waals surface area contributed by atoms with E-state index in [1.807, 2.05) is 0 Å². The predicted molar refractivity (Wildman–Crippen MR) is 81.7 cm³/mol. The minimum Gasteiger partial charge on any atom is -0.491 e. The van der Waals surface area contributed by atoms with Crippen molar-refractivity contribution in [2.24, 2.45) is 5.14 Å². The Hall–Kier alpha value is -1.81. The molecule has 0 aliphatic rings. The van der Waals surface area contributed by atoms with Gasteiger partial charge in [-0.05, 0) is 30.7 Å². The zero-order chi connectivity index (χ0) is 15.5. The molecule has 1 heterocycles. The smallest absolute Gasteiger partial charge is 0.238 e. The van der Waals surface area contributed by atoms with Crippen LogP contribution in [0.25, 0.3) is 10.9 Å². The number of hydrogen-bond acceptors (Lipinski definition) is 4. The van der Waals surface area contributed by atoms with E-state index >= 15 is 0 Å². The molecule has 0 amide bonds. The third-order valence-corrected chi connectivity index (χ3v) is 3.96. The van der Waals surface area contributed by atoms with E-state index in [4.69, 9.17) is 27.9 Å². The Bertz CT molecular complexity index is 813. The van der Waals surface area contributed by atoms with Crippen LogP contribution in [0.5, 0.6) is 5.75 Å². The molecule has 2 N–H and O–H groups in total. The number of ether oxygens (including phenoxy) is 1. The number of nitrogens with zero attached hydrogens (tertiary/aromatic N) is 1. The number of terminal acetylenes is 1. The standard InChI is InChI=1S/C14H13ClN2O3S/c1-2-3-4-9-20-11-6-7-12(21(16,18)19)10-5-8-13(15)17-14(10)11/h1,5-8H,3-4,9H2,(H2,16,18,19). The summed E-state index contributed by atoms with van der Waals surface area (Å²) in [5, 5.41) is 5.81. The lowest BCUT2D eigenvalue weighted by molar-refractivity contribution is 0.316. The van der Waals surface area contributed by atoms with Crippen LogP contribution in [0.3, 0.4) is 0 Å². The van der Waals surface area contributed by atoms with E-state index in [0.29, 0.717) is 36.1 Å². The van der Waals surface area contributed by atoms with Gasteiger partial charge in [0.1, 0.15) is 16.4 Å². The monoisotopic (exact) mass is 324 g/mol. The molecule has 0 unspecified atom stereocenters. The summed E-state index contributed by atoms with van der Waals surface area (Å²) in [6, 6.07) is 5.96. The largest absolute Gasteiger partial charge is 0.491 e. The van der Waals surface area contributed by atoms with E-state index < -0.39 is 10.0 Å².